The molecule has 0 aliphatic carbocycles. The summed E-state index contributed by atoms with van der Waals surface area (Å²) in [4.78, 5) is 8.56. The van der Waals surface area contributed by atoms with Crippen LogP contribution in [0.5, 0.6) is 0 Å². The Morgan fingerprint density at radius 3 is 2.57 bits per heavy atom. The normalized spacial score (nSPS) is 10.8. The van der Waals surface area contributed by atoms with Gasteiger partial charge in [0.2, 0.25) is 0 Å². The predicted octanol–water partition coefficient (Wildman–Crippen LogP) is 3.22. The molecule has 0 amide bonds. The summed E-state index contributed by atoms with van der Waals surface area (Å²) in [6.07, 6.45) is 2.86. The fourth-order valence-electron chi connectivity index (χ4n) is 2.20. The third-order valence-corrected chi connectivity index (χ3v) is 3.44. The second-order valence-electron chi connectivity index (χ2n) is 5.40. The van der Waals surface area contributed by atoms with Crippen LogP contribution in [-0.4, -0.2) is 24.5 Å². The van der Waals surface area contributed by atoms with Crippen LogP contribution >= 0.6 is 24.0 Å². The van der Waals surface area contributed by atoms with Gasteiger partial charge in [-0.3, -0.25) is 9.98 Å². The SMILES string of the molecule is CN=C(NCCc1ccc(C)nc1)NCc1cccc(C)c1.I. The molecule has 0 saturated carbocycles. The minimum absolute atomic E-state index is 0. The zero-order valence-corrected chi connectivity index (χ0v) is 16.3. The monoisotopic (exact) mass is 424 g/mol. The molecule has 0 aliphatic rings. The van der Waals surface area contributed by atoms with E-state index in [1.54, 1.807) is 7.05 Å². The highest BCUT2D eigenvalue weighted by Crippen LogP contribution is 2.03. The molecular formula is C18H25IN4. The minimum Gasteiger partial charge on any atom is -0.356 e. The van der Waals surface area contributed by atoms with Gasteiger partial charge in [-0.1, -0.05) is 35.9 Å². The fourth-order valence-corrected chi connectivity index (χ4v) is 2.20. The largest absolute Gasteiger partial charge is 0.356 e. The summed E-state index contributed by atoms with van der Waals surface area (Å²) in [6.45, 7) is 5.71. The van der Waals surface area contributed by atoms with Crippen molar-refractivity contribution in [1.82, 2.24) is 15.6 Å². The van der Waals surface area contributed by atoms with Crippen LogP contribution in [0.15, 0.2) is 47.6 Å². The van der Waals surface area contributed by atoms with E-state index in [0.717, 1.165) is 31.2 Å². The molecule has 2 aromatic rings. The van der Waals surface area contributed by atoms with E-state index in [1.165, 1.54) is 16.7 Å². The van der Waals surface area contributed by atoms with Gasteiger partial charge in [0.1, 0.15) is 0 Å². The first kappa shape index (κ1) is 19.4. The van der Waals surface area contributed by atoms with E-state index in [4.69, 9.17) is 0 Å². The number of guanidine groups is 1. The first-order valence-corrected chi connectivity index (χ1v) is 7.59. The van der Waals surface area contributed by atoms with Crippen LogP contribution in [0.2, 0.25) is 0 Å². The Hall–Kier alpha value is -1.63. The lowest BCUT2D eigenvalue weighted by Gasteiger charge is -2.12. The molecule has 23 heavy (non-hydrogen) atoms. The molecule has 0 fully saturated rings. The lowest BCUT2D eigenvalue weighted by atomic mass is 10.1. The number of nitrogens with one attached hydrogen (secondary N) is 2. The van der Waals surface area contributed by atoms with Crippen LogP contribution in [0, 0.1) is 13.8 Å². The molecular weight excluding hydrogens is 399 g/mol. The number of hydrogen-bond donors (Lipinski definition) is 2. The second kappa shape index (κ2) is 10.2. The summed E-state index contributed by atoms with van der Waals surface area (Å²) in [5.41, 5.74) is 4.80. The lowest BCUT2D eigenvalue weighted by Crippen LogP contribution is -2.37. The molecule has 0 spiro atoms. The van der Waals surface area contributed by atoms with Crippen LogP contribution in [0.3, 0.4) is 0 Å². The topological polar surface area (TPSA) is 49.3 Å². The maximum atomic E-state index is 4.31. The minimum atomic E-state index is 0. The van der Waals surface area contributed by atoms with Gasteiger partial charge >= 0.3 is 0 Å². The lowest BCUT2D eigenvalue weighted by molar-refractivity contribution is 0.792. The molecule has 0 unspecified atom stereocenters. The smallest absolute Gasteiger partial charge is 0.191 e. The molecule has 2 rings (SSSR count). The molecule has 0 bridgehead atoms. The molecule has 0 saturated heterocycles. The summed E-state index contributed by atoms with van der Waals surface area (Å²) < 4.78 is 0. The molecule has 0 atom stereocenters. The van der Waals surface area contributed by atoms with Crippen molar-refractivity contribution in [3.8, 4) is 0 Å². The van der Waals surface area contributed by atoms with Crippen molar-refractivity contribution in [1.29, 1.82) is 0 Å². The highest BCUT2D eigenvalue weighted by atomic mass is 127. The van der Waals surface area contributed by atoms with Gasteiger partial charge in [-0.15, -0.1) is 24.0 Å². The van der Waals surface area contributed by atoms with E-state index in [2.05, 4.69) is 57.9 Å². The van der Waals surface area contributed by atoms with Gasteiger partial charge in [-0.25, -0.2) is 0 Å². The molecule has 0 radical (unpaired) electrons. The Bertz CT molecular complexity index is 623. The quantitative estimate of drug-likeness (QED) is 0.440. The van der Waals surface area contributed by atoms with Crippen LogP contribution in [-0.2, 0) is 13.0 Å². The molecule has 1 heterocycles. The summed E-state index contributed by atoms with van der Waals surface area (Å²) in [6, 6.07) is 12.6. The number of benzene rings is 1. The van der Waals surface area contributed by atoms with Gasteiger partial charge in [-0.05, 0) is 37.5 Å². The Balaban J connectivity index is 0.00000264. The van der Waals surface area contributed by atoms with Crippen molar-refractivity contribution in [3.63, 3.8) is 0 Å². The van der Waals surface area contributed by atoms with Crippen LogP contribution in [0.1, 0.15) is 22.4 Å². The predicted molar refractivity (Wildman–Crippen MR) is 107 cm³/mol. The average molecular weight is 424 g/mol. The van der Waals surface area contributed by atoms with E-state index in [-0.39, 0.29) is 24.0 Å². The van der Waals surface area contributed by atoms with Gasteiger partial charge in [0.15, 0.2) is 5.96 Å². The number of hydrogen-bond acceptors (Lipinski definition) is 2. The van der Waals surface area contributed by atoms with E-state index in [9.17, 15) is 0 Å². The van der Waals surface area contributed by atoms with Crippen molar-refractivity contribution in [2.24, 2.45) is 4.99 Å². The van der Waals surface area contributed by atoms with Crippen molar-refractivity contribution in [2.45, 2.75) is 26.8 Å². The number of nitrogens with zero attached hydrogens (tertiary/aromatic N) is 2. The number of aliphatic imine (C=N–C) groups is 1. The van der Waals surface area contributed by atoms with Gasteiger partial charge in [0.25, 0.3) is 0 Å². The molecule has 1 aromatic carbocycles. The Morgan fingerprint density at radius 2 is 1.91 bits per heavy atom. The summed E-state index contributed by atoms with van der Waals surface area (Å²) >= 11 is 0. The van der Waals surface area contributed by atoms with Crippen molar-refractivity contribution >= 4 is 29.9 Å². The third kappa shape index (κ3) is 6.99. The van der Waals surface area contributed by atoms with Crippen molar-refractivity contribution < 1.29 is 0 Å². The van der Waals surface area contributed by atoms with Crippen LogP contribution in [0.4, 0.5) is 0 Å². The maximum Gasteiger partial charge on any atom is 0.191 e. The Morgan fingerprint density at radius 1 is 1.09 bits per heavy atom. The molecule has 2 N–H and O–H groups in total. The number of pyridine rings is 1. The van der Waals surface area contributed by atoms with Gasteiger partial charge < -0.3 is 10.6 Å². The summed E-state index contributed by atoms with van der Waals surface area (Å²) in [5, 5.41) is 6.66. The van der Waals surface area contributed by atoms with E-state index in [0.29, 0.717) is 0 Å². The maximum absolute atomic E-state index is 4.31. The molecule has 0 aliphatic heterocycles. The molecule has 1 aromatic heterocycles. The standard InChI is InChI=1S/C18H24N4.HI/c1-14-5-4-6-17(11-14)13-22-18(19-3)20-10-9-16-8-7-15(2)21-12-16;/h4-8,11-12H,9-10,13H2,1-3H3,(H2,19,20,22);1H. The van der Waals surface area contributed by atoms with Crippen molar-refractivity contribution in [2.75, 3.05) is 13.6 Å². The number of aryl methyl sites for hydroxylation is 2. The average Bonchev–Trinajstić information content (AvgIpc) is 2.52. The second-order valence-corrected chi connectivity index (χ2v) is 5.40. The highest BCUT2D eigenvalue weighted by Gasteiger charge is 1.99. The molecule has 4 nitrogen and oxygen atoms in total. The van der Waals surface area contributed by atoms with Gasteiger partial charge in [0.05, 0.1) is 0 Å². The van der Waals surface area contributed by atoms with Gasteiger partial charge in [0, 0.05) is 32.0 Å². The third-order valence-electron chi connectivity index (χ3n) is 3.44. The first-order chi connectivity index (χ1) is 10.7. The van der Waals surface area contributed by atoms with Crippen LogP contribution < -0.4 is 10.6 Å². The highest BCUT2D eigenvalue weighted by molar-refractivity contribution is 14.0. The van der Waals surface area contributed by atoms with Crippen molar-refractivity contribution in [3.05, 3.63) is 65.0 Å². The Kier molecular flexibility index (Phi) is 8.61. The molecule has 124 valence electrons. The number of aromatic nitrogens is 1. The molecule has 5 heteroatoms. The summed E-state index contributed by atoms with van der Waals surface area (Å²) in [7, 11) is 1.79. The first-order valence-electron chi connectivity index (χ1n) is 7.59. The fraction of sp³-hybridized carbons (Fsp3) is 0.333. The van der Waals surface area contributed by atoms with Gasteiger partial charge in [-0.2, -0.15) is 0 Å². The number of rotatable bonds is 5. The zero-order valence-electron chi connectivity index (χ0n) is 14.0. The van der Waals surface area contributed by atoms with Crippen LogP contribution in [0.25, 0.3) is 0 Å². The summed E-state index contributed by atoms with van der Waals surface area (Å²) in [5.74, 6) is 0.821. The Labute approximate surface area is 155 Å². The van der Waals surface area contributed by atoms with E-state index >= 15 is 0 Å². The zero-order chi connectivity index (χ0) is 15.8. The van der Waals surface area contributed by atoms with E-state index < -0.39 is 0 Å². The number of halogens is 1. The van der Waals surface area contributed by atoms with E-state index in [1.807, 2.05) is 19.2 Å².